The number of hydrogen-bond donors (Lipinski definition) is 2. The maximum atomic E-state index is 5.88. The van der Waals surface area contributed by atoms with Gasteiger partial charge in [-0.15, -0.1) is 0 Å². The summed E-state index contributed by atoms with van der Waals surface area (Å²) in [6.07, 6.45) is 0. The molecule has 1 unspecified atom stereocenters. The van der Waals surface area contributed by atoms with Crippen molar-refractivity contribution >= 4 is 23.5 Å². The van der Waals surface area contributed by atoms with Crippen molar-refractivity contribution in [2.75, 3.05) is 30.4 Å². The molecule has 0 aliphatic rings. The minimum Gasteiger partial charge on any atom is -0.380 e. The number of nitrogens with one attached hydrogen (secondary N) is 2. The van der Waals surface area contributed by atoms with Crippen molar-refractivity contribution in [1.29, 1.82) is 0 Å². The van der Waals surface area contributed by atoms with Gasteiger partial charge in [-0.3, -0.25) is 0 Å². The van der Waals surface area contributed by atoms with E-state index in [1.54, 1.807) is 0 Å². The van der Waals surface area contributed by atoms with Gasteiger partial charge in [0, 0.05) is 13.2 Å². The molecule has 0 radical (unpaired) electrons. The van der Waals surface area contributed by atoms with Gasteiger partial charge in [-0.1, -0.05) is 13.8 Å². The molecule has 2 N–H and O–H groups in total. The molecule has 0 aromatic carbocycles. The highest BCUT2D eigenvalue weighted by Gasteiger charge is 2.15. The van der Waals surface area contributed by atoms with Crippen LogP contribution in [0.15, 0.2) is 0 Å². The van der Waals surface area contributed by atoms with Gasteiger partial charge in [-0.25, -0.2) is 0 Å². The molecule has 1 atom stereocenters. The number of ether oxygens (including phenoxy) is 1. The molecule has 0 saturated carbocycles. The lowest BCUT2D eigenvalue weighted by Crippen LogP contribution is -2.32. The van der Waals surface area contributed by atoms with Crippen molar-refractivity contribution < 1.29 is 4.74 Å². The van der Waals surface area contributed by atoms with Crippen LogP contribution in [0.3, 0.4) is 0 Å². The summed E-state index contributed by atoms with van der Waals surface area (Å²) in [4.78, 5) is 12.4. The molecule has 1 heterocycles. The van der Waals surface area contributed by atoms with Crippen molar-refractivity contribution in [3.63, 3.8) is 0 Å². The SMILES string of the molecule is CCNc1nc(Cl)nc(NC(COCC)C(C)C)n1. The van der Waals surface area contributed by atoms with Gasteiger partial charge in [-0.05, 0) is 31.4 Å². The number of rotatable bonds is 8. The van der Waals surface area contributed by atoms with Crippen LogP contribution in [0.1, 0.15) is 27.7 Å². The Balaban J connectivity index is 2.77. The molecule has 0 fully saturated rings. The van der Waals surface area contributed by atoms with Gasteiger partial charge in [0.1, 0.15) is 0 Å². The van der Waals surface area contributed by atoms with Crippen molar-refractivity contribution in [2.45, 2.75) is 33.7 Å². The molecular formula is C12H22ClN5O. The third kappa shape index (κ3) is 5.57. The monoisotopic (exact) mass is 287 g/mol. The van der Waals surface area contributed by atoms with E-state index in [0.717, 1.165) is 6.54 Å². The van der Waals surface area contributed by atoms with Gasteiger partial charge in [0.05, 0.1) is 12.6 Å². The first-order chi connectivity index (χ1) is 9.06. The summed E-state index contributed by atoms with van der Waals surface area (Å²) < 4.78 is 5.45. The van der Waals surface area contributed by atoms with E-state index in [1.807, 2.05) is 13.8 Å². The maximum Gasteiger partial charge on any atom is 0.229 e. The van der Waals surface area contributed by atoms with Crippen LogP contribution in [-0.2, 0) is 4.74 Å². The summed E-state index contributed by atoms with van der Waals surface area (Å²) in [7, 11) is 0. The summed E-state index contributed by atoms with van der Waals surface area (Å²) in [5.41, 5.74) is 0. The maximum absolute atomic E-state index is 5.88. The lowest BCUT2D eigenvalue weighted by Gasteiger charge is -2.22. The molecule has 0 saturated heterocycles. The van der Waals surface area contributed by atoms with Crippen molar-refractivity contribution in [3.05, 3.63) is 5.28 Å². The summed E-state index contributed by atoms with van der Waals surface area (Å²) in [6, 6.07) is 0.132. The van der Waals surface area contributed by atoms with E-state index in [4.69, 9.17) is 16.3 Å². The average molecular weight is 288 g/mol. The predicted octanol–water partition coefficient (Wildman–Crippen LogP) is 2.43. The molecule has 1 aromatic heterocycles. The molecule has 1 aromatic rings. The van der Waals surface area contributed by atoms with Crippen LogP contribution in [-0.4, -0.2) is 40.8 Å². The largest absolute Gasteiger partial charge is 0.380 e. The molecule has 6 nitrogen and oxygen atoms in total. The zero-order chi connectivity index (χ0) is 14.3. The molecule has 0 amide bonds. The highest BCUT2D eigenvalue weighted by molar-refractivity contribution is 6.28. The van der Waals surface area contributed by atoms with Crippen LogP contribution >= 0.6 is 11.6 Å². The van der Waals surface area contributed by atoms with Crippen LogP contribution in [0.25, 0.3) is 0 Å². The van der Waals surface area contributed by atoms with E-state index < -0.39 is 0 Å². The molecule has 1 rings (SSSR count). The molecule has 0 spiro atoms. The Morgan fingerprint density at radius 1 is 1.16 bits per heavy atom. The third-order valence-electron chi connectivity index (χ3n) is 2.56. The van der Waals surface area contributed by atoms with Crippen molar-refractivity contribution in [3.8, 4) is 0 Å². The Morgan fingerprint density at radius 2 is 1.84 bits per heavy atom. The van der Waals surface area contributed by atoms with Crippen LogP contribution in [0.4, 0.5) is 11.9 Å². The molecule has 0 bridgehead atoms. The van der Waals surface area contributed by atoms with Crippen LogP contribution in [0.2, 0.25) is 5.28 Å². The van der Waals surface area contributed by atoms with Gasteiger partial charge >= 0.3 is 0 Å². The summed E-state index contributed by atoms with van der Waals surface area (Å²) >= 11 is 5.88. The number of aromatic nitrogens is 3. The van der Waals surface area contributed by atoms with Gasteiger partial charge in [0.2, 0.25) is 17.2 Å². The van der Waals surface area contributed by atoms with E-state index in [-0.39, 0.29) is 11.3 Å². The fourth-order valence-corrected chi connectivity index (χ4v) is 1.62. The Kier molecular flexibility index (Phi) is 6.80. The normalized spacial score (nSPS) is 12.5. The number of hydrogen-bond acceptors (Lipinski definition) is 6. The minimum absolute atomic E-state index is 0.132. The van der Waals surface area contributed by atoms with Crippen molar-refractivity contribution in [1.82, 2.24) is 15.0 Å². The zero-order valence-corrected chi connectivity index (χ0v) is 12.7. The number of anilines is 2. The lowest BCUT2D eigenvalue weighted by molar-refractivity contribution is 0.126. The standard InChI is InChI=1S/C12H22ClN5O/c1-5-14-11-16-10(13)17-12(18-11)15-9(8(3)4)7-19-6-2/h8-9H,5-7H2,1-4H3,(H2,14,15,16,17,18). The highest BCUT2D eigenvalue weighted by Crippen LogP contribution is 2.13. The first kappa shape index (κ1) is 15.9. The zero-order valence-electron chi connectivity index (χ0n) is 11.9. The lowest BCUT2D eigenvalue weighted by atomic mass is 10.1. The minimum atomic E-state index is 0.132. The Hall–Kier alpha value is -1.14. The third-order valence-corrected chi connectivity index (χ3v) is 2.73. The average Bonchev–Trinajstić information content (AvgIpc) is 2.33. The summed E-state index contributed by atoms with van der Waals surface area (Å²) in [5, 5.41) is 6.43. The fourth-order valence-electron chi connectivity index (χ4n) is 1.46. The molecule has 0 aliphatic heterocycles. The van der Waals surface area contributed by atoms with Gasteiger partial charge < -0.3 is 15.4 Å². The van der Waals surface area contributed by atoms with Gasteiger partial charge in [0.25, 0.3) is 0 Å². The van der Waals surface area contributed by atoms with Crippen LogP contribution in [0.5, 0.6) is 0 Å². The van der Waals surface area contributed by atoms with Crippen molar-refractivity contribution in [2.24, 2.45) is 5.92 Å². The fraction of sp³-hybridized carbons (Fsp3) is 0.750. The van der Waals surface area contributed by atoms with Gasteiger partial charge in [-0.2, -0.15) is 15.0 Å². The van der Waals surface area contributed by atoms with E-state index in [0.29, 0.717) is 31.0 Å². The Bertz CT molecular complexity index is 388. The second-order valence-corrected chi connectivity index (χ2v) is 4.77. The van der Waals surface area contributed by atoms with Gasteiger partial charge in [0.15, 0.2) is 0 Å². The Morgan fingerprint density at radius 3 is 2.42 bits per heavy atom. The van der Waals surface area contributed by atoms with Crippen LogP contribution < -0.4 is 10.6 Å². The molecule has 7 heteroatoms. The highest BCUT2D eigenvalue weighted by atomic mass is 35.5. The van der Waals surface area contributed by atoms with E-state index in [1.165, 1.54) is 0 Å². The quantitative estimate of drug-likeness (QED) is 0.765. The molecule has 0 aliphatic carbocycles. The first-order valence-corrected chi connectivity index (χ1v) is 6.94. The second kappa shape index (κ2) is 8.12. The number of halogens is 1. The Labute approximate surface area is 119 Å². The first-order valence-electron chi connectivity index (χ1n) is 6.56. The summed E-state index contributed by atoms with van der Waals surface area (Å²) in [5.74, 6) is 1.34. The van der Waals surface area contributed by atoms with E-state index >= 15 is 0 Å². The number of nitrogens with zero attached hydrogens (tertiary/aromatic N) is 3. The smallest absolute Gasteiger partial charge is 0.229 e. The van der Waals surface area contributed by atoms with E-state index in [9.17, 15) is 0 Å². The predicted molar refractivity (Wildman–Crippen MR) is 77.7 cm³/mol. The topological polar surface area (TPSA) is 72.0 Å². The second-order valence-electron chi connectivity index (χ2n) is 4.44. The van der Waals surface area contributed by atoms with E-state index in [2.05, 4.69) is 39.4 Å². The molecule has 19 heavy (non-hydrogen) atoms. The molecule has 108 valence electrons. The summed E-state index contributed by atoms with van der Waals surface area (Å²) in [6.45, 7) is 10.2. The van der Waals surface area contributed by atoms with Crippen LogP contribution in [0, 0.1) is 5.92 Å². The molecular weight excluding hydrogens is 266 g/mol.